The SMILES string of the molecule is Cc1c(C(OC(C)(C)C)C(=O)O)c(-c2ccc3c4c(ccnc24)CCO3)c2ccc(C(N)=O)cc2c1F. The lowest BCUT2D eigenvalue weighted by Crippen LogP contribution is -2.28. The van der Waals surface area contributed by atoms with E-state index in [-0.39, 0.29) is 22.1 Å². The zero-order valence-corrected chi connectivity index (χ0v) is 21.0. The number of carbonyl (C=O) groups excluding carboxylic acids is 1. The van der Waals surface area contributed by atoms with Crippen molar-refractivity contribution in [3.8, 4) is 16.9 Å². The number of hydrogen-bond acceptors (Lipinski definition) is 5. The van der Waals surface area contributed by atoms with Crippen LogP contribution in [0.15, 0.2) is 42.6 Å². The molecule has 0 fully saturated rings. The molecule has 8 heteroatoms. The average molecular weight is 503 g/mol. The zero-order valence-electron chi connectivity index (χ0n) is 21.0. The number of halogens is 1. The van der Waals surface area contributed by atoms with E-state index in [0.717, 1.165) is 10.9 Å². The third-order valence-electron chi connectivity index (χ3n) is 6.61. The summed E-state index contributed by atoms with van der Waals surface area (Å²) >= 11 is 0. The quantitative estimate of drug-likeness (QED) is 0.374. The number of amides is 1. The van der Waals surface area contributed by atoms with Gasteiger partial charge >= 0.3 is 5.97 Å². The molecule has 1 aliphatic rings. The maximum absolute atomic E-state index is 15.9. The Morgan fingerprint density at radius 1 is 1.16 bits per heavy atom. The third-order valence-corrected chi connectivity index (χ3v) is 6.61. The monoisotopic (exact) mass is 502 g/mol. The minimum atomic E-state index is -1.47. The van der Waals surface area contributed by atoms with E-state index in [9.17, 15) is 14.7 Å². The Kier molecular flexibility index (Phi) is 5.87. The first kappa shape index (κ1) is 24.6. The van der Waals surface area contributed by atoms with E-state index < -0.39 is 29.4 Å². The number of carbonyl (C=O) groups is 2. The molecule has 5 rings (SSSR count). The summed E-state index contributed by atoms with van der Waals surface area (Å²) < 4.78 is 27.8. The van der Waals surface area contributed by atoms with Gasteiger partial charge in [-0.15, -0.1) is 0 Å². The second-order valence-corrected chi connectivity index (χ2v) is 10.2. The van der Waals surface area contributed by atoms with Crippen LogP contribution in [0.4, 0.5) is 4.39 Å². The van der Waals surface area contributed by atoms with E-state index in [1.54, 1.807) is 33.0 Å². The van der Waals surface area contributed by atoms with Gasteiger partial charge in [-0.3, -0.25) is 9.78 Å². The molecule has 0 bridgehead atoms. The van der Waals surface area contributed by atoms with Gasteiger partial charge in [-0.05, 0) is 80.1 Å². The number of benzene rings is 3. The molecule has 0 radical (unpaired) electrons. The van der Waals surface area contributed by atoms with Crippen LogP contribution in [0.1, 0.15) is 53.9 Å². The molecule has 2 heterocycles. The van der Waals surface area contributed by atoms with Gasteiger partial charge in [-0.2, -0.15) is 0 Å². The van der Waals surface area contributed by atoms with E-state index in [2.05, 4.69) is 4.98 Å². The van der Waals surface area contributed by atoms with Crippen LogP contribution in [-0.4, -0.2) is 34.2 Å². The van der Waals surface area contributed by atoms with Crippen LogP contribution in [0.5, 0.6) is 5.75 Å². The fourth-order valence-electron chi connectivity index (χ4n) is 5.06. The molecule has 37 heavy (non-hydrogen) atoms. The molecule has 1 amide bonds. The smallest absolute Gasteiger partial charge is 0.337 e. The van der Waals surface area contributed by atoms with Crippen LogP contribution >= 0.6 is 0 Å². The van der Waals surface area contributed by atoms with Gasteiger partial charge in [0.05, 0.1) is 17.7 Å². The summed E-state index contributed by atoms with van der Waals surface area (Å²) in [7, 11) is 0. The van der Waals surface area contributed by atoms with Crippen molar-refractivity contribution in [2.75, 3.05) is 6.61 Å². The van der Waals surface area contributed by atoms with Crippen molar-refractivity contribution >= 4 is 33.6 Å². The van der Waals surface area contributed by atoms with Crippen LogP contribution in [0.25, 0.3) is 32.8 Å². The second-order valence-electron chi connectivity index (χ2n) is 10.2. The van der Waals surface area contributed by atoms with Gasteiger partial charge in [0.15, 0.2) is 6.10 Å². The van der Waals surface area contributed by atoms with E-state index in [4.69, 9.17) is 15.2 Å². The first-order valence-electron chi connectivity index (χ1n) is 12.0. The lowest BCUT2D eigenvalue weighted by Gasteiger charge is -2.29. The molecule has 190 valence electrons. The Balaban J connectivity index is 1.96. The summed E-state index contributed by atoms with van der Waals surface area (Å²) in [5.74, 6) is -1.88. The first-order valence-corrected chi connectivity index (χ1v) is 12.0. The van der Waals surface area contributed by atoms with Crippen molar-refractivity contribution < 1.29 is 28.6 Å². The number of aromatic nitrogens is 1. The molecule has 3 N–H and O–H groups in total. The van der Waals surface area contributed by atoms with Crippen molar-refractivity contribution in [2.45, 2.75) is 45.8 Å². The highest BCUT2D eigenvalue weighted by molar-refractivity contribution is 6.10. The van der Waals surface area contributed by atoms with Crippen molar-refractivity contribution in [1.82, 2.24) is 4.98 Å². The number of ether oxygens (including phenoxy) is 2. The summed E-state index contributed by atoms with van der Waals surface area (Å²) in [4.78, 5) is 29.1. The second kappa shape index (κ2) is 8.81. The fraction of sp³-hybridized carbons (Fsp3) is 0.276. The highest BCUT2D eigenvalue weighted by Crippen LogP contribution is 2.46. The van der Waals surface area contributed by atoms with Crippen LogP contribution in [0.3, 0.4) is 0 Å². The topological polar surface area (TPSA) is 112 Å². The molecule has 1 unspecified atom stereocenters. The molecule has 0 saturated heterocycles. The number of carboxylic acid groups (broad SMARTS) is 1. The molecule has 4 aromatic rings. The molecule has 1 aliphatic heterocycles. The molecule has 0 saturated carbocycles. The number of hydrogen-bond donors (Lipinski definition) is 2. The highest BCUT2D eigenvalue weighted by Gasteiger charge is 2.34. The molecular formula is C29H27FN2O5. The third kappa shape index (κ3) is 4.17. The Hall–Kier alpha value is -4.04. The fourth-order valence-corrected chi connectivity index (χ4v) is 5.06. The lowest BCUT2D eigenvalue weighted by atomic mass is 9.84. The minimum absolute atomic E-state index is 0.109. The van der Waals surface area contributed by atoms with Gasteiger partial charge in [0, 0.05) is 40.1 Å². The van der Waals surface area contributed by atoms with Crippen LogP contribution in [-0.2, 0) is 16.0 Å². The van der Waals surface area contributed by atoms with Crippen molar-refractivity contribution in [3.05, 3.63) is 70.7 Å². The number of pyridine rings is 1. The molecule has 1 aromatic heterocycles. The summed E-state index contributed by atoms with van der Waals surface area (Å²) in [6.45, 7) is 7.31. The normalized spacial score (nSPS) is 14.0. The minimum Gasteiger partial charge on any atom is -0.493 e. The van der Waals surface area contributed by atoms with Gasteiger partial charge in [0.25, 0.3) is 0 Å². The predicted octanol–water partition coefficient (Wildman–Crippen LogP) is 5.48. The predicted molar refractivity (Wildman–Crippen MR) is 138 cm³/mol. The maximum Gasteiger partial charge on any atom is 0.337 e. The van der Waals surface area contributed by atoms with Crippen molar-refractivity contribution in [3.63, 3.8) is 0 Å². The summed E-state index contributed by atoms with van der Waals surface area (Å²) in [5, 5.41) is 11.7. The van der Waals surface area contributed by atoms with Gasteiger partial charge in [-0.25, -0.2) is 9.18 Å². The maximum atomic E-state index is 15.9. The van der Waals surface area contributed by atoms with Gasteiger partial charge in [0.1, 0.15) is 11.6 Å². The largest absolute Gasteiger partial charge is 0.493 e. The first-order chi connectivity index (χ1) is 17.5. The number of nitrogens with zero attached hydrogens (tertiary/aromatic N) is 1. The highest BCUT2D eigenvalue weighted by atomic mass is 19.1. The van der Waals surface area contributed by atoms with Crippen LogP contribution in [0, 0.1) is 12.7 Å². The van der Waals surface area contributed by atoms with E-state index >= 15 is 4.39 Å². The van der Waals surface area contributed by atoms with Crippen molar-refractivity contribution in [2.24, 2.45) is 5.73 Å². The number of carboxylic acids is 1. The molecule has 1 atom stereocenters. The zero-order chi connectivity index (χ0) is 26.6. The van der Waals surface area contributed by atoms with E-state index in [1.165, 1.54) is 19.1 Å². The standard InChI is InChI=1S/C29H27FN2O5/c1-14-21(26(28(34)35)37-29(2,3)4)23(17-6-5-16(27(31)33)13-19(17)24(14)30)18-7-8-20-22-15(10-12-36-20)9-11-32-25(18)22/h5-9,11,13,26H,10,12H2,1-4H3,(H2,31,33)(H,34,35). The Morgan fingerprint density at radius 2 is 1.92 bits per heavy atom. The van der Waals surface area contributed by atoms with Crippen LogP contribution in [0.2, 0.25) is 0 Å². The Morgan fingerprint density at radius 3 is 2.59 bits per heavy atom. The number of nitrogens with two attached hydrogens (primary N) is 1. The van der Waals surface area contributed by atoms with Gasteiger partial charge in [0.2, 0.25) is 5.91 Å². The van der Waals surface area contributed by atoms with Crippen molar-refractivity contribution in [1.29, 1.82) is 0 Å². The summed E-state index contributed by atoms with van der Waals surface area (Å²) in [5.41, 5.74) is 7.86. The molecular weight excluding hydrogens is 475 g/mol. The van der Waals surface area contributed by atoms with Crippen LogP contribution < -0.4 is 10.5 Å². The number of rotatable bonds is 5. The Labute approximate surface area is 213 Å². The number of fused-ring (bicyclic) bond motifs is 1. The molecule has 3 aromatic carbocycles. The van der Waals surface area contributed by atoms with E-state index in [1.807, 2.05) is 18.2 Å². The summed E-state index contributed by atoms with van der Waals surface area (Å²) in [6, 6.07) is 10.1. The lowest BCUT2D eigenvalue weighted by molar-refractivity contribution is -0.160. The molecule has 0 aliphatic carbocycles. The number of primary amides is 1. The van der Waals surface area contributed by atoms with Gasteiger partial charge in [-0.1, -0.05) is 6.07 Å². The molecule has 0 spiro atoms. The average Bonchev–Trinajstić information content (AvgIpc) is 2.85. The van der Waals surface area contributed by atoms with E-state index in [0.29, 0.717) is 40.8 Å². The number of aliphatic carboxylic acids is 1. The molecule has 7 nitrogen and oxygen atoms in total. The Bertz CT molecular complexity index is 1600. The van der Waals surface area contributed by atoms with Gasteiger partial charge < -0.3 is 20.3 Å². The summed E-state index contributed by atoms with van der Waals surface area (Å²) in [6.07, 6.45) is 0.949.